The quantitative estimate of drug-likeness (QED) is 0.139. The van der Waals surface area contributed by atoms with Crippen molar-refractivity contribution < 1.29 is 13.2 Å². The van der Waals surface area contributed by atoms with Gasteiger partial charge in [-0.1, -0.05) is 56.7 Å². The van der Waals surface area contributed by atoms with E-state index >= 15 is 0 Å². The van der Waals surface area contributed by atoms with Gasteiger partial charge in [0.05, 0.1) is 11.1 Å². The normalized spacial score (nSPS) is 20.7. The van der Waals surface area contributed by atoms with Gasteiger partial charge in [-0.3, -0.25) is 4.68 Å². The van der Waals surface area contributed by atoms with Gasteiger partial charge in [-0.2, -0.15) is 18.3 Å². The van der Waals surface area contributed by atoms with Crippen LogP contribution >= 0.6 is 0 Å². The maximum absolute atomic E-state index is 14.8. The SMILES string of the molecule is C=C(NC(C)=N/C=C\C)C(c1ccn2c1CCC2)n1cc2c(C(F)(F)F)cc(-c3ccc(C4(CCCC)CC45CC5)cc3)c(C)c2n1. The number of nitrogens with one attached hydrogen (secondary N) is 1. The molecule has 2 aliphatic carbocycles. The summed E-state index contributed by atoms with van der Waals surface area (Å²) >= 11 is 0. The standard InChI is InChI=1S/C39H44F3N5/c1-6-8-16-38(24-37(38)17-18-37)29-13-11-28(12-14-29)31-22-33(39(40,41)42)32-23-47(45-35(32)25(31)3)36(26(4)44-27(5)43-19-7-2)30-15-21-46-20-9-10-34(30)46/h7,11-15,19,21-23,36H,4,6,8-10,16-18,20,24H2,1-3,5H3,(H,43,44)/b19-7-. The second-order valence-electron chi connectivity index (χ2n) is 14.0. The first-order valence-electron chi connectivity index (χ1n) is 17.0. The number of allylic oxidation sites excluding steroid dienone is 2. The summed E-state index contributed by atoms with van der Waals surface area (Å²) in [4.78, 5) is 4.39. The largest absolute Gasteiger partial charge is 0.417 e. The van der Waals surface area contributed by atoms with Gasteiger partial charge in [0.1, 0.15) is 11.9 Å². The first kappa shape index (κ1) is 31.5. The number of aliphatic imine (C=N–C) groups is 1. The van der Waals surface area contributed by atoms with Crippen molar-refractivity contribution in [2.45, 2.75) is 103 Å². The van der Waals surface area contributed by atoms with Crippen molar-refractivity contribution in [2.75, 3.05) is 0 Å². The lowest BCUT2D eigenvalue weighted by Crippen LogP contribution is -2.27. The summed E-state index contributed by atoms with van der Waals surface area (Å²) in [7, 11) is 0. The molecule has 2 aromatic heterocycles. The van der Waals surface area contributed by atoms with E-state index in [1.165, 1.54) is 50.2 Å². The minimum Gasteiger partial charge on any atom is -0.351 e. The summed E-state index contributed by atoms with van der Waals surface area (Å²) in [6.07, 6.45) is 11.9. The van der Waals surface area contributed by atoms with Crippen molar-refractivity contribution in [1.82, 2.24) is 19.7 Å². The Morgan fingerprint density at radius 3 is 2.62 bits per heavy atom. The number of hydrogen-bond donors (Lipinski definition) is 1. The van der Waals surface area contributed by atoms with Gasteiger partial charge < -0.3 is 9.88 Å². The van der Waals surface area contributed by atoms with Gasteiger partial charge in [0, 0.05) is 52.9 Å². The number of halogens is 3. The third-order valence-corrected chi connectivity index (χ3v) is 11.0. The van der Waals surface area contributed by atoms with Crippen LogP contribution in [0, 0.1) is 12.3 Å². The van der Waals surface area contributed by atoms with Crippen LogP contribution in [0.2, 0.25) is 0 Å². The van der Waals surface area contributed by atoms with Crippen LogP contribution in [0.25, 0.3) is 22.0 Å². The Bertz CT molecular complexity index is 1900. The van der Waals surface area contributed by atoms with Crippen molar-refractivity contribution in [3.63, 3.8) is 0 Å². The van der Waals surface area contributed by atoms with E-state index in [2.05, 4.69) is 46.7 Å². The number of hydrogen-bond acceptors (Lipinski definition) is 2. The zero-order chi connectivity index (χ0) is 33.1. The van der Waals surface area contributed by atoms with E-state index in [9.17, 15) is 13.2 Å². The molecule has 5 nitrogen and oxygen atoms in total. The number of aromatic nitrogens is 3. The number of nitrogens with zero attached hydrogens (tertiary/aromatic N) is 4. The van der Waals surface area contributed by atoms with Gasteiger partial charge in [-0.05, 0) is 99.1 Å². The van der Waals surface area contributed by atoms with Gasteiger partial charge in [-0.15, -0.1) is 0 Å². The third kappa shape index (κ3) is 5.34. The molecular weight excluding hydrogens is 595 g/mol. The predicted octanol–water partition coefficient (Wildman–Crippen LogP) is 10.0. The summed E-state index contributed by atoms with van der Waals surface area (Å²) in [5.74, 6) is 0.638. The third-order valence-electron chi connectivity index (χ3n) is 11.0. The van der Waals surface area contributed by atoms with E-state index in [-0.39, 0.29) is 10.8 Å². The molecule has 3 heterocycles. The van der Waals surface area contributed by atoms with E-state index in [1.54, 1.807) is 17.1 Å². The molecule has 0 amide bonds. The van der Waals surface area contributed by atoms with E-state index in [4.69, 9.17) is 5.10 Å². The first-order valence-corrected chi connectivity index (χ1v) is 17.0. The fourth-order valence-corrected chi connectivity index (χ4v) is 8.38. The molecule has 1 N–H and O–H groups in total. The lowest BCUT2D eigenvalue weighted by Gasteiger charge is -2.22. The highest BCUT2D eigenvalue weighted by Gasteiger charge is 2.73. The molecule has 2 aromatic carbocycles. The second-order valence-corrected chi connectivity index (χ2v) is 14.0. The average Bonchev–Trinajstić information content (AvgIpc) is 3.66. The Morgan fingerprint density at radius 1 is 1.19 bits per heavy atom. The minimum atomic E-state index is -4.55. The molecule has 246 valence electrons. The molecule has 1 spiro atoms. The molecule has 3 aliphatic rings. The number of rotatable bonds is 10. The van der Waals surface area contributed by atoms with Crippen LogP contribution in [0.1, 0.15) is 99.7 Å². The molecule has 0 bridgehead atoms. The molecule has 2 saturated carbocycles. The number of benzene rings is 2. The van der Waals surface area contributed by atoms with Crippen molar-refractivity contribution in [1.29, 1.82) is 0 Å². The molecule has 8 heteroatoms. The number of alkyl halides is 3. The van der Waals surface area contributed by atoms with Gasteiger partial charge in [-0.25, -0.2) is 4.99 Å². The molecule has 2 atom stereocenters. The van der Waals surface area contributed by atoms with Crippen LogP contribution in [-0.4, -0.2) is 20.2 Å². The molecule has 4 aromatic rings. The van der Waals surface area contributed by atoms with Gasteiger partial charge in [0.25, 0.3) is 0 Å². The second kappa shape index (κ2) is 11.6. The zero-order valence-electron chi connectivity index (χ0n) is 27.8. The fourth-order valence-electron chi connectivity index (χ4n) is 8.38. The van der Waals surface area contributed by atoms with Crippen LogP contribution in [0.15, 0.2) is 78.3 Å². The van der Waals surface area contributed by atoms with E-state index in [0.29, 0.717) is 28.0 Å². The maximum Gasteiger partial charge on any atom is 0.417 e. The monoisotopic (exact) mass is 639 g/mol. The molecule has 47 heavy (non-hydrogen) atoms. The molecule has 0 saturated heterocycles. The highest BCUT2D eigenvalue weighted by Crippen LogP contribution is 2.80. The lowest BCUT2D eigenvalue weighted by molar-refractivity contribution is -0.136. The number of unbranched alkanes of at least 4 members (excludes halogenated alkanes) is 1. The Kier molecular flexibility index (Phi) is 7.76. The Balaban J connectivity index is 1.32. The smallest absolute Gasteiger partial charge is 0.351 e. The van der Waals surface area contributed by atoms with Crippen LogP contribution in [0.5, 0.6) is 0 Å². The van der Waals surface area contributed by atoms with Crippen molar-refractivity contribution >= 4 is 16.7 Å². The number of fused-ring (bicyclic) bond motifs is 2. The van der Waals surface area contributed by atoms with Gasteiger partial charge in [0.15, 0.2) is 0 Å². The van der Waals surface area contributed by atoms with E-state index in [0.717, 1.165) is 41.8 Å². The number of aryl methyl sites for hydroxylation is 2. The number of amidine groups is 1. The predicted molar refractivity (Wildman–Crippen MR) is 183 cm³/mol. The van der Waals surface area contributed by atoms with Gasteiger partial charge in [0.2, 0.25) is 0 Å². The van der Waals surface area contributed by atoms with E-state index in [1.807, 2.05) is 45.0 Å². The molecular formula is C39H44F3N5. The minimum absolute atomic E-state index is 0.0931. The highest BCUT2D eigenvalue weighted by molar-refractivity contribution is 5.92. The molecule has 2 unspecified atom stereocenters. The van der Waals surface area contributed by atoms with Crippen LogP contribution in [-0.2, 0) is 24.6 Å². The Labute approximate surface area is 275 Å². The zero-order valence-corrected chi connectivity index (χ0v) is 27.8. The molecule has 1 aliphatic heterocycles. The topological polar surface area (TPSA) is 47.1 Å². The van der Waals surface area contributed by atoms with E-state index < -0.39 is 17.8 Å². The van der Waals surface area contributed by atoms with Crippen LogP contribution in [0.4, 0.5) is 13.2 Å². The highest BCUT2D eigenvalue weighted by atomic mass is 19.4. The van der Waals surface area contributed by atoms with Crippen LogP contribution in [0.3, 0.4) is 0 Å². The lowest BCUT2D eigenvalue weighted by atomic mass is 9.85. The first-order chi connectivity index (χ1) is 22.5. The van der Waals surface area contributed by atoms with Crippen molar-refractivity contribution in [2.24, 2.45) is 10.4 Å². The van der Waals surface area contributed by atoms with Crippen molar-refractivity contribution in [3.8, 4) is 11.1 Å². The molecule has 2 fully saturated rings. The molecule has 0 radical (unpaired) electrons. The summed E-state index contributed by atoms with van der Waals surface area (Å²) in [6, 6.07) is 11.2. The molecule has 7 rings (SSSR count). The Morgan fingerprint density at radius 2 is 1.96 bits per heavy atom. The van der Waals surface area contributed by atoms with Crippen molar-refractivity contribution in [3.05, 3.63) is 101 Å². The van der Waals surface area contributed by atoms with Crippen LogP contribution < -0.4 is 5.32 Å². The summed E-state index contributed by atoms with van der Waals surface area (Å²) in [6.45, 7) is 13.1. The Hall–Kier alpha value is -4.07. The fraction of sp³-hybridized carbons (Fsp3) is 0.436. The summed E-state index contributed by atoms with van der Waals surface area (Å²) < 4.78 is 48.3. The maximum atomic E-state index is 14.8. The summed E-state index contributed by atoms with van der Waals surface area (Å²) in [5, 5.41) is 8.31. The summed E-state index contributed by atoms with van der Waals surface area (Å²) in [5.41, 5.74) is 6.56. The van der Waals surface area contributed by atoms with Gasteiger partial charge >= 0.3 is 6.18 Å². The average molecular weight is 640 g/mol.